The molecular weight excluding hydrogens is 408 g/mol. The van der Waals surface area contributed by atoms with Crippen molar-refractivity contribution in [2.75, 3.05) is 7.11 Å². The van der Waals surface area contributed by atoms with E-state index in [0.29, 0.717) is 27.8 Å². The number of hydrogen-bond donors (Lipinski definition) is 0. The van der Waals surface area contributed by atoms with Crippen LogP contribution in [0.2, 0.25) is 5.02 Å². The molecule has 10 heteroatoms. The Morgan fingerprint density at radius 2 is 1.90 bits per heavy atom. The number of halogens is 1. The van der Waals surface area contributed by atoms with Gasteiger partial charge in [0.25, 0.3) is 0 Å². The zero-order chi connectivity index (χ0) is 21.3. The van der Waals surface area contributed by atoms with E-state index in [1.165, 1.54) is 11.7 Å². The van der Waals surface area contributed by atoms with Crippen LogP contribution in [0.1, 0.15) is 5.56 Å². The van der Waals surface area contributed by atoms with Gasteiger partial charge in [-0.05, 0) is 40.3 Å². The van der Waals surface area contributed by atoms with E-state index in [1.54, 1.807) is 42.3 Å². The molecule has 0 saturated carbocycles. The molecule has 0 aliphatic rings. The fourth-order valence-electron chi connectivity index (χ4n) is 3.07. The predicted molar refractivity (Wildman–Crippen MR) is 111 cm³/mol. The summed E-state index contributed by atoms with van der Waals surface area (Å²) in [5.74, 6) is 1.07. The van der Waals surface area contributed by atoms with Crippen molar-refractivity contribution in [2.24, 2.45) is 14.1 Å². The minimum atomic E-state index is -0.372. The number of aromatic nitrogens is 6. The zero-order valence-electron chi connectivity index (χ0n) is 16.6. The van der Waals surface area contributed by atoms with Gasteiger partial charge in [-0.25, -0.2) is 4.79 Å². The van der Waals surface area contributed by atoms with Crippen LogP contribution in [0.5, 0.6) is 11.5 Å². The third-order valence-electron chi connectivity index (χ3n) is 4.62. The van der Waals surface area contributed by atoms with Crippen molar-refractivity contribution >= 4 is 11.6 Å². The van der Waals surface area contributed by atoms with E-state index in [0.717, 1.165) is 15.8 Å². The summed E-state index contributed by atoms with van der Waals surface area (Å²) >= 11 is 6.45. The first-order chi connectivity index (χ1) is 14.5. The van der Waals surface area contributed by atoms with Crippen LogP contribution < -0.4 is 15.2 Å². The Morgan fingerprint density at radius 3 is 2.53 bits per heavy atom. The maximum atomic E-state index is 12.3. The zero-order valence-corrected chi connectivity index (χ0v) is 17.4. The van der Waals surface area contributed by atoms with Crippen molar-refractivity contribution in [1.82, 2.24) is 29.6 Å². The summed E-state index contributed by atoms with van der Waals surface area (Å²) in [7, 11) is 4.94. The Labute approximate surface area is 177 Å². The van der Waals surface area contributed by atoms with Gasteiger partial charge in [-0.15, -0.1) is 0 Å². The lowest BCUT2D eigenvalue weighted by atomic mass is 10.1. The van der Waals surface area contributed by atoms with Crippen molar-refractivity contribution in [3.05, 3.63) is 69.9 Å². The molecule has 2 heterocycles. The molecule has 0 amide bonds. The molecule has 0 N–H and O–H groups in total. The molecule has 154 valence electrons. The molecule has 4 rings (SSSR count). The number of hydrogen-bond acceptors (Lipinski definition) is 6. The highest BCUT2D eigenvalue weighted by Gasteiger charge is 2.16. The van der Waals surface area contributed by atoms with Crippen LogP contribution in [-0.4, -0.2) is 36.7 Å². The van der Waals surface area contributed by atoms with E-state index in [4.69, 9.17) is 21.1 Å². The molecule has 0 unspecified atom stereocenters. The highest BCUT2D eigenvalue weighted by atomic mass is 35.5. The lowest BCUT2D eigenvalue weighted by Gasteiger charge is -2.15. The third kappa shape index (κ3) is 3.67. The summed E-state index contributed by atoms with van der Waals surface area (Å²) in [6, 6.07) is 10.8. The fraction of sp³-hybridized carbons (Fsp3) is 0.200. The van der Waals surface area contributed by atoms with Crippen molar-refractivity contribution in [1.29, 1.82) is 0 Å². The smallest absolute Gasteiger partial charge is 0.368 e. The molecule has 0 radical (unpaired) electrons. The van der Waals surface area contributed by atoms with Crippen LogP contribution in [0.3, 0.4) is 0 Å². The molecule has 0 bridgehead atoms. The van der Waals surface area contributed by atoms with E-state index in [-0.39, 0.29) is 12.3 Å². The number of benzene rings is 2. The van der Waals surface area contributed by atoms with Gasteiger partial charge in [0.1, 0.15) is 18.1 Å². The van der Waals surface area contributed by atoms with Gasteiger partial charge in [0, 0.05) is 25.9 Å². The molecule has 0 aliphatic heterocycles. The van der Waals surface area contributed by atoms with E-state index < -0.39 is 0 Å². The number of rotatable bonds is 6. The van der Waals surface area contributed by atoms with Gasteiger partial charge in [0.15, 0.2) is 0 Å². The SMILES string of the molecule is COc1cccc(-n2nnn(C)c2=O)c1COc1ccc(-c2cnn(C)c2)cc1Cl. The van der Waals surface area contributed by atoms with Crippen LogP contribution in [0.15, 0.2) is 53.6 Å². The summed E-state index contributed by atoms with van der Waals surface area (Å²) in [5, 5.41) is 12.3. The van der Waals surface area contributed by atoms with Crippen LogP contribution in [0.4, 0.5) is 0 Å². The number of tetrazole rings is 1. The van der Waals surface area contributed by atoms with Gasteiger partial charge < -0.3 is 9.47 Å². The fourth-order valence-corrected chi connectivity index (χ4v) is 3.31. The first-order valence-electron chi connectivity index (χ1n) is 9.04. The summed E-state index contributed by atoms with van der Waals surface area (Å²) in [4.78, 5) is 12.3. The van der Waals surface area contributed by atoms with Crippen LogP contribution in [0, 0.1) is 0 Å². The maximum Gasteiger partial charge on any atom is 0.368 e. The minimum absolute atomic E-state index is 0.119. The number of nitrogens with zero attached hydrogens (tertiary/aromatic N) is 6. The third-order valence-corrected chi connectivity index (χ3v) is 4.92. The van der Waals surface area contributed by atoms with Crippen molar-refractivity contribution in [2.45, 2.75) is 6.61 Å². The topological polar surface area (TPSA) is 89.0 Å². The normalized spacial score (nSPS) is 10.9. The molecule has 0 atom stereocenters. The van der Waals surface area contributed by atoms with Gasteiger partial charge in [-0.1, -0.05) is 23.7 Å². The average Bonchev–Trinajstić information content (AvgIpc) is 3.32. The van der Waals surface area contributed by atoms with Gasteiger partial charge >= 0.3 is 5.69 Å². The van der Waals surface area contributed by atoms with Gasteiger partial charge in [0.2, 0.25) is 0 Å². The summed E-state index contributed by atoms with van der Waals surface area (Å²) in [6.07, 6.45) is 3.68. The van der Waals surface area contributed by atoms with Crippen LogP contribution in [-0.2, 0) is 20.7 Å². The van der Waals surface area contributed by atoms with Crippen LogP contribution >= 0.6 is 11.6 Å². The molecule has 2 aromatic carbocycles. The Morgan fingerprint density at radius 1 is 1.07 bits per heavy atom. The Balaban J connectivity index is 1.64. The predicted octanol–water partition coefficient (Wildman–Crippen LogP) is 2.61. The Hall–Kier alpha value is -3.59. The van der Waals surface area contributed by atoms with Crippen molar-refractivity contribution in [3.8, 4) is 28.3 Å². The van der Waals surface area contributed by atoms with E-state index >= 15 is 0 Å². The molecule has 30 heavy (non-hydrogen) atoms. The minimum Gasteiger partial charge on any atom is -0.496 e. The van der Waals surface area contributed by atoms with Crippen molar-refractivity contribution < 1.29 is 9.47 Å². The highest BCUT2D eigenvalue weighted by Crippen LogP contribution is 2.32. The summed E-state index contributed by atoms with van der Waals surface area (Å²) in [5.41, 5.74) is 2.69. The summed E-state index contributed by atoms with van der Waals surface area (Å²) < 4.78 is 15.5. The summed E-state index contributed by atoms with van der Waals surface area (Å²) in [6.45, 7) is 0.119. The first kappa shape index (κ1) is 19.7. The van der Waals surface area contributed by atoms with E-state index in [9.17, 15) is 4.79 Å². The average molecular weight is 427 g/mol. The molecule has 0 spiro atoms. The molecular formula is C20H19ClN6O3. The molecule has 0 saturated heterocycles. The molecule has 9 nitrogen and oxygen atoms in total. The van der Waals surface area contributed by atoms with Crippen LogP contribution in [0.25, 0.3) is 16.8 Å². The molecule has 2 aromatic heterocycles. The Bertz CT molecular complexity index is 1260. The lowest BCUT2D eigenvalue weighted by Crippen LogP contribution is -2.23. The number of aryl methyl sites for hydroxylation is 2. The quantitative estimate of drug-likeness (QED) is 0.471. The molecule has 4 aromatic rings. The Kier molecular flexibility index (Phi) is 5.28. The monoisotopic (exact) mass is 426 g/mol. The van der Waals surface area contributed by atoms with Crippen molar-refractivity contribution in [3.63, 3.8) is 0 Å². The van der Waals surface area contributed by atoms with Gasteiger partial charge in [-0.2, -0.15) is 14.5 Å². The first-order valence-corrected chi connectivity index (χ1v) is 9.42. The second-order valence-electron chi connectivity index (χ2n) is 6.59. The standard InChI is InChI=1S/C20H19ClN6O3/c1-25-11-14(10-22-25)13-7-8-19(16(21)9-13)30-12-15-17(5-4-6-18(15)29-3)27-20(28)26(2)23-24-27/h4-11H,12H2,1-3H3. The molecule has 0 fully saturated rings. The van der Waals surface area contributed by atoms with Gasteiger partial charge in [-0.3, -0.25) is 4.68 Å². The second kappa shape index (κ2) is 8.03. The van der Waals surface area contributed by atoms with Gasteiger partial charge in [0.05, 0.1) is 29.6 Å². The maximum absolute atomic E-state index is 12.3. The largest absolute Gasteiger partial charge is 0.496 e. The van der Waals surface area contributed by atoms with E-state index in [1.807, 2.05) is 25.4 Å². The second-order valence-corrected chi connectivity index (χ2v) is 7.00. The number of methoxy groups -OCH3 is 1. The lowest BCUT2D eigenvalue weighted by molar-refractivity contribution is 0.296. The number of ether oxygens (including phenoxy) is 2. The highest BCUT2D eigenvalue weighted by molar-refractivity contribution is 6.32. The van der Waals surface area contributed by atoms with E-state index in [2.05, 4.69) is 15.5 Å². The molecule has 0 aliphatic carbocycles.